The maximum atomic E-state index is 13.0. The molecule has 0 radical (unpaired) electrons. The lowest BCUT2D eigenvalue weighted by Gasteiger charge is -2.28. The number of carbonyl (C=O) groups is 4. The van der Waals surface area contributed by atoms with Gasteiger partial charge in [-0.2, -0.15) is 0 Å². The second-order valence-electron chi connectivity index (χ2n) is 23.1. The minimum Gasteiger partial charge on any atom is -0.507 e. The first-order chi connectivity index (χ1) is 33.7. The van der Waals surface area contributed by atoms with E-state index in [-0.39, 0.29) is 85.1 Å². The molecule has 0 atom stereocenters. The van der Waals surface area contributed by atoms with Gasteiger partial charge in [-0.05, 0) is 111 Å². The highest BCUT2D eigenvalue weighted by atomic mass is 32.1. The Balaban J connectivity index is 1.41. The van der Waals surface area contributed by atoms with Gasteiger partial charge in [0.05, 0.1) is 22.8 Å². The van der Waals surface area contributed by atoms with Crippen LogP contribution in [-0.4, -0.2) is 59.9 Å². The largest absolute Gasteiger partial charge is 0.507 e. The topological polar surface area (TPSA) is 151 Å². The molecule has 7 rings (SSSR count). The van der Waals surface area contributed by atoms with Crippen LogP contribution in [0.25, 0.3) is 0 Å². The van der Waals surface area contributed by atoms with Crippen molar-refractivity contribution in [3.05, 3.63) is 160 Å². The average molecular weight is 1010 g/mol. The molecule has 2 amide bonds. The minimum absolute atomic E-state index is 0.0546. The van der Waals surface area contributed by atoms with Gasteiger partial charge in [0, 0.05) is 25.7 Å². The molecule has 2 heterocycles. The lowest BCUT2D eigenvalue weighted by molar-refractivity contribution is -0.117. The van der Waals surface area contributed by atoms with Gasteiger partial charge in [0.1, 0.15) is 36.2 Å². The Morgan fingerprint density at radius 3 is 0.958 bits per heavy atom. The molecule has 380 valence electrons. The lowest BCUT2D eigenvalue weighted by Crippen LogP contribution is -2.33. The van der Waals surface area contributed by atoms with Crippen LogP contribution >= 0.6 is 22.7 Å². The highest BCUT2D eigenvalue weighted by Crippen LogP contribution is 2.44. The second-order valence-corrected chi connectivity index (χ2v) is 25.0. The van der Waals surface area contributed by atoms with Crippen LogP contribution in [0.15, 0.2) is 83.6 Å². The number of hydrogen-bond donors (Lipinski definition) is 4. The summed E-state index contributed by atoms with van der Waals surface area (Å²) in [4.78, 5) is 52.4. The van der Waals surface area contributed by atoms with Crippen LogP contribution < -0.4 is 20.1 Å². The zero-order valence-electron chi connectivity index (χ0n) is 43.9. The van der Waals surface area contributed by atoms with E-state index in [2.05, 4.69) is 142 Å². The Morgan fingerprint density at radius 2 is 0.722 bits per heavy atom. The normalized spacial score (nSPS) is 13.1. The Morgan fingerprint density at radius 1 is 0.458 bits per heavy atom. The average Bonchev–Trinajstić information content (AvgIpc) is 4.04. The summed E-state index contributed by atoms with van der Waals surface area (Å²) in [5, 5.41) is 34.3. The zero-order chi connectivity index (χ0) is 52.5. The summed E-state index contributed by atoms with van der Waals surface area (Å²) >= 11 is 2.43. The van der Waals surface area contributed by atoms with Crippen molar-refractivity contribution in [3.63, 3.8) is 0 Å². The van der Waals surface area contributed by atoms with Crippen LogP contribution in [-0.2, 0) is 56.9 Å². The lowest BCUT2D eigenvalue weighted by atomic mass is 9.79. The molecule has 0 spiro atoms. The first-order valence-electron chi connectivity index (χ1n) is 24.7. The minimum atomic E-state index is -0.708. The van der Waals surface area contributed by atoms with Crippen molar-refractivity contribution in [2.45, 2.75) is 130 Å². The molecule has 4 aromatic carbocycles. The molecule has 4 N–H and O–H groups in total. The van der Waals surface area contributed by atoms with Crippen molar-refractivity contribution in [2.75, 3.05) is 26.3 Å². The SMILES string of the molecule is CC(C)(C)c1cc2c(O)c(c1)Cc1cc(C(C)(C)C)cc(c1OCCNC(=O)C(=O)c1cccs1)Cc1cc(C(C)(C)C)cc(c1O)Cc1cc(C(C)(C)C)cc(c1OCCNC(=O)C(=O)c1cccs1)C2. The smallest absolute Gasteiger partial charge is 0.293 e. The Bertz CT molecular complexity index is 2690. The summed E-state index contributed by atoms with van der Waals surface area (Å²) in [6, 6.07) is 23.6. The van der Waals surface area contributed by atoms with Crippen LogP contribution in [0.1, 0.15) is 169 Å². The number of nitrogens with one attached hydrogen (secondary N) is 2. The molecule has 10 nitrogen and oxygen atoms in total. The number of hydrogen-bond acceptors (Lipinski definition) is 10. The van der Waals surface area contributed by atoms with Gasteiger partial charge in [-0.1, -0.05) is 144 Å². The fourth-order valence-electron chi connectivity index (χ4n) is 8.85. The third-order valence-corrected chi connectivity index (χ3v) is 14.9. The van der Waals surface area contributed by atoms with Gasteiger partial charge in [0.15, 0.2) is 0 Å². The fourth-order valence-corrected chi connectivity index (χ4v) is 10.2. The summed E-state index contributed by atoms with van der Waals surface area (Å²) in [5.74, 6) is -1.16. The number of phenols is 2. The molecule has 0 aliphatic heterocycles. The molecule has 1 aliphatic carbocycles. The van der Waals surface area contributed by atoms with Crippen molar-refractivity contribution in [1.29, 1.82) is 0 Å². The summed E-state index contributed by atoms with van der Waals surface area (Å²) in [6.07, 6.45) is 1.16. The number of aromatic hydroxyl groups is 2. The van der Waals surface area contributed by atoms with E-state index >= 15 is 0 Å². The number of phenolic OH excluding ortho intramolecular Hbond substituents is 2. The van der Waals surface area contributed by atoms with Crippen LogP contribution in [0.2, 0.25) is 0 Å². The predicted octanol–water partition coefficient (Wildman–Crippen LogP) is 11.8. The Hall–Kier alpha value is -6.24. The summed E-state index contributed by atoms with van der Waals surface area (Å²) in [6.45, 7) is 26.1. The standard InChI is InChI=1S/C60H70N2O8S2/c1-57(2,3)43-27-35-23-39-31-45(59(7,8)9)33-41(53(39)69-19-17-61-55(67)51(65)47-15-13-21-71-47)25-37-29-44(58(4,5)6)30-38(50(37)64)26-42-34-46(60(10,11)12)32-40(24-36(28-43)49(35)63)54(42)70-20-18-62-56(68)52(66)48-16-14-22-72-48/h13-16,21-22,27-34,63-64H,17-20,23-26H2,1-12H3,(H,61,67)(H,62,68). The first kappa shape index (κ1) is 53.6. The molecule has 0 unspecified atom stereocenters. The number of carbonyl (C=O) groups excluding carboxylic acids is 4. The van der Waals surface area contributed by atoms with Crippen molar-refractivity contribution in [3.8, 4) is 23.0 Å². The molecular formula is C60H70N2O8S2. The van der Waals surface area contributed by atoms with E-state index in [1.54, 1.807) is 35.0 Å². The van der Waals surface area contributed by atoms with Crippen molar-refractivity contribution >= 4 is 46.1 Å². The molecule has 0 fully saturated rings. The van der Waals surface area contributed by atoms with E-state index in [1.165, 1.54) is 22.7 Å². The number of amides is 2. The molecule has 6 aromatic rings. The molecule has 2 aromatic heterocycles. The first-order valence-corrected chi connectivity index (χ1v) is 26.5. The quantitative estimate of drug-likeness (QED) is 0.0537. The number of thiophene rings is 2. The molecule has 0 saturated carbocycles. The summed E-state index contributed by atoms with van der Waals surface area (Å²) in [7, 11) is 0. The summed E-state index contributed by atoms with van der Waals surface area (Å²) < 4.78 is 13.5. The van der Waals surface area contributed by atoms with Gasteiger partial charge in [0.25, 0.3) is 23.4 Å². The van der Waals surface area contributed by atoms with E-state index in [0.717, 1.165) is 44.5 Å². The van der Waals surface area contributed by atoms with Gasteiger partial charge in [-0.15, -0.1) is 22.7 Å². The molecule has 0 saturated heterocycles. The van der Waals surface area contributed by atoms with Crippen LogP contribution in [0.4, 0.5) is 0 Å². The van der Waals surface area contributed by atoms with Crippen molar-refractivity contribution < 1.29 is 38.9 Å². The molecule has 72 heavy (non-hydrogen) atoms. The maximum Gasteiger partial charge on any atom is 0.293 e. The van der Waals surface area contributed by atoms with Gasteiger partial charge < -0.3 is 30.3 Å². The number of benzene rings is 4. The van der Waals surface area contributed by atoms with Crippen molar-refractivity contribution in [1.82, 2.24) is 10.6 Å². The molecule has 12 heteroatoms. The molecular weight excluding hydrogens is 941 g/mol. The fraction of sp³-hybridized carbons (Fsp3) is 0.400. The van der Waals surface area contributed by atoms with Gasteiger partial charge in [0.2, 0.25) is 0 Å². The number of ether oxygens (including phenoxy) is 2. The van der Waals surface area contributed by atoms with E-state index < -0.39 is 23.4 Å². The maximum absolute atomic E-state index is 13.0. The second kappa shape index (κ2) is 21.1. The molecule has 1 aliphatic rings. The predicted molar refractivity (Wildman–Crippen MR) is 289 cm³/mol. The third kappa shape index (κ3) is 12.5. The van der Waals surface area contributed by atoms with E-state index in [9.17, 15) is 29.4 Å². The number of ketones is 2. The number of Topliss-reactive ketones (excluding diaryl/α,β-unsaturated/α-hetero) is 2. The number of rotatable bonds is 12. The van der Waals surface area contributed by atoms with E-state index in [1.807, 2.05) is 0 Å². The molecule has 8 bridgehead atoms. The Kier molecular flexibility index (Phi) is 15.7. The Labute approximate surface area is 433 Å². The highest BCUT2D eigenvalue weighted by molar-refractivity contribution is 7.13. The van der Waals surface area contributed by atoms with Crippen molar-refractivity contribution in [2.24, 2.45) is 0 Å². The van der Waals surface area contributed by atoms with Crippen LogP contribution in [0.3, 0.4) is 0 Å². The van der Waals surface area contributed by atoms with Gasteiger partial charge in [-0.25, -0.2) is 0 Å². The van der Waals surface area contributed by atoms with Gasteiger partial charge >= 0.3 is 0 Å². The zero-order valence-corrected chi connectivity index (χ0v) is 45.5. The summed E-state index contributed by atoms with van der Waals surface area (Å²) in [5.41, 5.74) is 9.05. The number of fused-ring (bicyclic) bond motifs is 8. The van der Waals surface area contributed by atoms with E-state index in [0.29, 0.717) is 43.5 Å². The third-order valence-electron chi connectivity index (χ3n) is 13.2. The van der Waals surface area contributed by atoms with Crippen LogP contribution in [0, 0.1) is 0 Å². The van der Waals surface area contributed by atoms with Crippen LogP contribution in [0.5, 0.6) is 23.0 Å². The highest BCUT2D eigenvalue weighted by Gasteiger charge is 2.29. The van der Waals surface area contributed by atoms with Gasteiger partial charge in [-0.3, -0.25) is 19.2 Å². The van der Waals surface area contributed by atoms with E-state index in [4.69, 9.17) is 9.47 Å². The monoisotopic (exact) mass is 1010 g/mol.